The molecule has 1 fully saturated rings. The van der Waals surface area contributed by atoms with Crippen LogP contribution in [0.3, 0.4) is 0 Å². The number of hydrogen-bond acceptors (Lipinski definition) is 4. The van der Waals surface area contributed by atoms with Gasteiger partial charge in [-0.1, -0.05) is 53.0 Å². The molecule has 2 aromatic rings. The van der Waals surface area contributed by atoms with Crippen LogP contribution >= 0.6 is 15.9 Å². The molecule has 0 spiro atoms. The van der Waals surface area contributed by atoms with Gasteiger partial charge in [0.15, 0.2) is 0 Å². The summed E-state index contributed by atoms with van der Waals surface area (Å²) in [5, 5.41) is 3.09. The summed E-state index contributed by atoms with van der Waals surface area (Å²) in [6.07, 6.45) is 4.62. The molecular weight excluding hydrogens is 510 g/mol. The first-order valence-electron chi connectivity index (χ1n) is 12.1. The minimum Gasteiger partial charge on any atom is -0.352 e. The average Bonchev–Trinajstić information content (AvgIpc) is 3.44. The fraction of sp³-hybridized carbons (Fsp3) is 0.407. The van der Waals surface area contributed by atoms with E-state index in [1.165, 1.54) is 4.90 Å². The number of nitrogens with one attached hydrogen (secondary N) is 1. The molecule has 184 valence electrons. The molecule has 35 heavy (non-hydrogen) atoms. The SMILES string of the molecule is C[C@@H](C(=O)NC1CCCC1)N(Cc1cccc(Br)c1)C(=O)CCCN1C(=O)c2ccccc2C1=O. The number of fused-ring (bicyclic) bond motifs is 1. The third-order valence-corrected chi connectivity index (χ3v) is 7.25. The molecule has 0 bridgehead atoms. The Balaban J connectivity index is 1.41. The number of carbonyl (C=O) groups excluding carboxylic acids is 4. The van der Waals surface area contributed by atoms with E-state index in [1.54, 1.807) is 36.1 Å². The molecule has 0 saturated heterocycles. The Hall–Kier alpha value is -3.00. The quantitative estimate of drug-likeness (QED) is 0.481. The molecule has 4 amide bonds. The Morgan fingerprint density at radius 1 is 1.06 bits per heavy atom. The van der Waals surface area contributed by atoms with E-state index in [4.69, 9.17) is 0 Å². The third kappa shape index (κ3) is 5.81. The monoisotopic (exact) mass is 539 g/mol. The third-order valence-electron chi connectivity index (χ3n) is 6.76. The maximum atomic E-state index is 13.3. The van der Waals surface area contributed by atoms with E-state index < -0.39 is 6.04 Å². The number of carbonyl (C=O) groups is 4. The summed E-state index contributed by atoms with van der Waals surface area (Å²) in [7, 11) is 0. The topological polar surface area (TPSA) is 86.8 Å². The van der Waals surface area contributed by atoms with Crippen LogP contribution in [0.2, 0.25) is 0 Å². The van der Waals surface area contributed by atoms with E-state index in [9.17, 15) is 19.2 Å². The second-order valence-electron chi connectivity index (χ2n) is 9.23. The number of nitrogens with zero attached hydrogens (tertiary/aromatic N) is 2. The molecule has 2 aliphatic rings. The van der Waals surface area contributed by atoms with Gasteiger partial charge in [0.2, 0.25) is 11.8 Å². The minimum atomic E-state index is -0.638. The number of amides is 4. The van der Waals surface area contributed by atoms with Gasteiger partial charge in [0.25, 0.3) is 11.8 Å². The van der Waals surface area contributed by atoms with E-state index >= 15 is 0 Å². The number of halogens is 1. The molecule has 4 rings (SSSR count). The van der Waals surface area contributed by atoms with Crippen molar-refractivity contribution in [3.8, 4) is 0 Å². The molecule has 1 aliphatic carbocycles. The van der Waals surface area contributed by atoms with Crippen molar-refractivity contribution in [2.24, 2.45) is 0 Å². The first-order valence-corrected chi connectivity index (χ1v) is 12.9. The highest BCUT2D eigenvalue weighted by molar-refractivity contribution is 9.10. The van der Waals surface area contributed by atoms with Gasteiger partial charge in [0.05, 0.1) is 11.1 Å². The lowest BCUT2D eigenvalue weighted by atomic mass is 10.1. The van der Waals surface area contributed by atoms with Gasteiger partial charge in [-0.15, -0.1) is 0 Å². The van der Waals surface area contributed by atoms with E-state index in [2.05, 4.69) is 21.2 Å². The number of rotatable bonds is 9. The summed E-state index contributed by atoms with van der Waals surface area (Å²) >= 11 is 3.46. The molecular formula is C27H30BrN3O4. The van der Waals surface area contributed by atoms with Crippen LogP contribution in [0.4, 0.5) is 0 Å². The summed E-state index contributed by atoms with van der Waals surface area (Å²) < 4.78 is 0.899. The number of imide groups is 1. The molecule has 1 aliphatic heterocycles. The van der Waals surface area contributed by atoms with Gasteiger partial charge in [0.1, 0.15) is 6.04 Å². The van der Waals surface area contributed by atoms with Crippen molar-refractivity contribution >= 4 is 39.6 Å². The lowest BCUT2D eigenvalue weighted by Crippen LogP contribution is -2.49. The highest BCUT2D eigenvalue weighted by atomic mass is 79.9. The number of benzene rings is 2. The predicted octanol–water partition coefficient (Wildman–Crippen LogP) is 4.30. The largest absolute Gasteiger partial charge is 0.352 e. The maximum absolute atomic E-state index is 13.3. The van der Waals surface area contributed by atoms with E-state index in [0.29, 0.717) is 24.1 Å². The molecule has 1 N–H and O–H groups in total. The standard InChI is InChI=1S/C27H30BrN3O4/c1-18(25(33)29-21-10-2-3-11-21)31(17-19-8-6-9-20(28)16-19)24(32)14-7-15-30-26(34)22-12-4-5-13-23(22)27(30)35/h4-6,8-9,12-13,16,18,21H,2-3,7,10-11,14-15,17H2,1H3,(H,29,33)/t18-/m0/s1. The first kappa shape index (κ1) is 25.1. The van der Waals surface area contributed by atoms with Crippen LogP contribution in [0, 0.1) is 0 Å². The van der Waals surface area contributed by atoms with Crippen molar-refractivity contribution in [2.45, 2.75) is 64.1 Å². The summed E-state index contributed by atoms with van der Waals surface area (Å²) in [5.41, 5.74) is 1.71. The zero-order chi connectivity index (χ0) is 24.9. The Kier molecular flexibility index (Phi) is 8.00. The lowest BCUT2D eigenvalue weighted by Gasteiger charge is -2.30. The molecule has 0 aromatic heterocycles. The Labute approximate surface area is 214 Å². The summed E-state index contributed by atoms with van der Waals surface area (Å²) in [4.78, 5) is 54.3. The van der Waals surface area contributed by atoms with Crippen LogP contribution in [0.25, 0.3) is 0 Å². The summed E-state index contributed by atoms with van der Waals surface area (Å²) in [5.74, 6) is -0.988. The summed E-state index contributed by atoms with van der Waals surface area (Å²) in [6.45, 7) is 2.21. The first-order chi connectivity index (χ1) is 16.8. The smallest absolute Gasteiger partial charge is 0.261 e. The maximum Gasteiger partial charge on any atom is 0.261 e. The van der Waals surface area contributed by atoms with Gasteiger partial charge >= 0.3 is 0 Å². The predicted molar refractivity (Wildman–Crippen MR) is 136 cm³/mol. The molecule has 8 heteroatoms. The highest BCUT2D eigenvalue weighted by Crippen LogP contribution is 2.23. The van der Waals surface area contributed by atoms with Crippen LogP contribution in [0.5, 0.6) is 0 Å². The van der Waals surface area contributed by atoms with Gasteiger partial charge < -0.3 is 10.2 Å². The highest BCUT2D eigenvalue weighted by Gasteiger charge is 2.35. The van der Waals surface area contributed by atoms with Crippen molar-refractivity contribution in [2.75, 3.05) is 6.54 Å². The van der Waals surface area contributed by atoms with Gasteiger partial charge in [-0.2, -0.15) is 0 Å². The van der Waals surface area contributed by atoms with Crippen LogP contribution in [-0.2, 0) is 16.1 Å². The molecule has 1 saturated carbocycles. The minimum absolute atomic E-state index is 0.127. The van der Waals surface area contributed by atoms with Crippen LogP contribution < -0.4 is 5.32 Å². The average molecular weight is 540 g/mol. The van der Waals surface area contributed by atoms with Gasteiger partial charge in [-0.05, 0) is 56.0 Å². The Bertz CT molecular complexity index is 1090. The van der Waals surface area contributed by atoms with E-state index in [0.717, 1.165) is 35.7 Å². The molecule has 0 radical (unpaired) electrons. The Morgan fingerprint density at radius 2 is 1.71 bits per heavy atom. The van der Waals surface area contributed by atoms with Gasteiger partial charge in [-0.25, -0.2) is 0 Å². The van der Waals surface area contributed by atoms with Crippen molar-refractivity contribution in [1.29, 1.82) is 0 Å². The molecule has 1 heterocycles. The normalized spacial score (nSPS) is 16.3. The lowest BCUT2D eigenvalue weighted by molar-refractivity contribution is -0.141. The number of hydrogen-bond donors (Lipinski definition) is 1. The van der Waals surface area contributed by atoms with Crippen LogP contribution in [-0.4, -0.2) is 52.1 Å². The van der Waals surface area contributed by atoms with Crippen LogP contribution in [0.1, 0.15) is 71.7 Å². The van der Waals surface area contributed by atoms with Crippen molar-refractivity contribution < 1.29 is 19.2 Å². The van der Waals surface area contributed by atoms with E-state index in [-0.39, 0.29) is 42.6 Å². The van der Waals surface area contributed by atoms with Gasteiger partial charge in [0, 0.05) is 30.0 Å². The molecule has 1 atom stereocenters. The second kappa shape index (κ2) is 11.2. The van der Waals surface area contributed by atoms with Crippen LogP contribution in [0.15, 0.2) is 53.0 Å². The second-order valence-corrected chi connectivity index (χ2v) is 10.1. The molecule has 7 nitrogen and oxygen atoms in total. The molecule has 2 aromatic carbocycles. The van der Waals surface area contributed by atoms with E-state index in [1.807, 2.05) is 24.3 Å². The van der Waals surface area contributed by atoms with Gasteiger partial charge in [-0.3, -0.25) is 24.1 Å². The molecule has 0 unspecified atom stereocenters. The van der Waals surface area contributed by atoms with Crippen molar-refractivity contribution in [1.82, 2.24) is 15.1 Å². The fourth-order valence-electron chi connectivity index (χ4n) is 4.78. The zero-order valence-corrected chi connectivity index (χ0v) is 21.4. The summed E-state index contributed by atoms with van der Waals surface area (Å²) in [6, 6.07) is 13.9. The van der Waals surface area contributed by atoms with Crippen molar-refractivity contribution in [3.63, 3.8) is 0 Å². The van der Waals surface area contributed by atoms with Crippen molar-refractivity contribution in [3.05, 3.63) is 69.7 Å². The zero-order valence-electron chi connectivity index (χ0n) is 19.8. The fourth-order valence-corrected chi connectivity index (χ4v) is 5.23. The Morgan fingerprint density at radius 3 is 2.34 bits per heavy atom.